The number of carbonyl (C=O) groups is 1. The van der Waals surface area contributed by atoms with Gasteiger partial charge in [0.1, 0.15) is 5.75 Å². The molecule has 1 fully saturated rings. The van der Waals surface area contributed by atoms with Gasteiger partial charge in [-0.3, -0.25) is 4.79 Å². The Bertz CT molecular complexity index is 436. The average Bonchev–Trinajstić information content (AvgIpc) is 3.20. The molecule has 1 saturated carbocycles. The van der Waals surface area contributed by atoms with Crippen molar-refractivity contribution in [3.63, 3.8) is 0 Å². The fraction of sp³-hybridized carbons (Fsp3) is 0.533. The van der Waals surface area contributed by atoms with Crippen LogP contribution in [0.5, 0.6) is 5.75 Å². The van der Waals surface area contributed by atoms with E-state index < -0.39 is 5.54 Å². The molecule has 0 aromatic heterocycles. The second kappa shape index (κ2) is 5.11. The summed E-state index contributed by atoms with van der Waals surface area (Å²) in [6, 6.07) is 7.38. The number of carbonyl (C=O) groups excluding carboxylic acids is 1. The number of benzene rings is 1. The van der Waals surface area contributed by atoms with Gasteiger partial charge in [0.25, 0.3) is 0 Å². The largest absolute Gasteiger partial charge is 0.493 e. The molecule has 0 aliphatic heterocycles. The van der Waals surface area contributed by atoms with Crippen molar-refractivity contribution in [2.75, 3.05) is 6.61 Å². The van der Waals surface area contributed by atoms with Crippen molar-refractivity contribution < 1.29 is 9.53 Å². The highest BCUT2D eigenvalue weighted by Gasteiger charge is 2.44. The van der Waals surface area contributed by atoms with Gasteiger partial charge in [-0.25, -0.2) is 0 Å². The highest BCUT2D eigenvalue weighted by molar-refractivity contribution is 6.05. The SMILES string of the molecule is CCCOc1ccccc1C(=O)C(C)(N)C1CC1. The Balaban J connectivity index is 2.23. The molecule has 0 heterocycles. The molecule has 0 radical (unpaired) electrons. The summed E-state index contributed by atoms with van der Waals surface area (Å²) < 4.78 is 5.63. The minimum atomic E-state index is -0.758. The Morgan fingerprint density at radius 3 is 2.72 bits per heavy atom. The zero-order chi connectivity index (χ0) is 13.2. The summed E-state index contributed by atoms with van der Waals surface area (Å²) in [6.45, 7) is 4.50. The van der Waals surface area contributed by atoms with E-state index in [1.807, 2.05) is 32.0 Å². The van der Waals surface area contributed by atoms with Crippen molar-refractivity contribution in [3.8, 4) is 5.75 Å². The zero-order valence-electron chi connectivity index (χ0n) is 11.1. The lowest BCUT2D eigenvalue weighted by molar-refractivity contribution is 0.0879. The summed E-state index contributed by atoms with van der Waals surface area (Å²) in [4.78, 5) is 12.5. The van der Waals surface area contributed by atoms with Crippen LogP contribution in [0, 0.1) is 5.92 Å². The topological polar surface area (TPSA) is 52.3 Å². The molecule has 1 aliphatic rings. The molecule has 1 unspecified atom stereocenters. The van der Waals surface area contributed by atoms with Crippen molar-refractivity contribution in [2.45, 2.75) is 38.6 Å². The van der Waals surface area contributed by atoms with Crippen molar-refractivity contribution >= 4 is 5.78 Å². The van der Waals surface area contributed by atoms with Gasteiger partial charge in [0.2, 0.25) is 0 Å². The predicted octanol–water partition coefficient (Wildman–Crippen LogP) is 2.79. The number of rotatable bonds is 6. The molecule has 1 atom stereocenters. The smallest absolute Gasteiger partial charge is 0.186 e. The Labute approximate surface area is 108 Å². The maximum Gasteiger partial charge on any atom is 0.186 e. The van der Waals surface area contributed by atoms with Crippen molar-refractivity contribution in [1.29, 1.82) is 0 Å². The van der Waals surface area contributed by atoms with E-state index >= 15 is 0 Å². The van der Waals surface area contributed by atoms with E-state index in [1.54, 1.807) is 6.07 Å². The number of hydrogen-bond donors (Lipinski definition) is 1. The Kier molecular flexibility index (Phi) is 3.71. The third-order valence-electron chi connectivity index (χ3n) is 3.51. The van der Waals surface area contributed by atoms with Crippen molar-refractivity contribution in [3.05, 3.63) is 29.8 Å². The maximum absolute atomic E-state index is 12.5. The summed E-state index contributed by atoms with van der Waals surface area (Å²) in [5, 5.41) is 0. The van der Waals surface area contributed by atoms with Crippen LogP contribution in [0.25, 0.3) is 0 Å². The van der Waals surface area contributed by atoms with Crippen LogP contribution in [0.2, 0.25) is 0 Å². The third kappa shape index (κ3) is 2.56. The van der Waals surface area contributed by atoms with Gasteiger partial charge in [0.15, 0.2) is 5.78 Å². The Hall–Kier alpha value is -1.35. The lowest BCUT2D eigenvalue weighted by Crippen LogP contribution is -2.47. The molecule has 1 aromatic rings. The third-order valence-corrected chi connectivity index (χ3v) is 3.51. The number of hydrogen-bond acceptors (Lipinski definition) is 3. The molecule has 0 amide bonds. The highest BCUT2D eigenvalue weighted by Crippen LogP contribution is 2.40. The van der Waals surface area contributed by atoms with Gasteiger partial charge in [0.05, 0.1) is 17.7 Å². The molecule has 2 N–H and O–H groups in total. The first kappa shape index (κ1) is 13.1. The number of para-hydroxylation sites is 1. The molecule has 3 heteroatoms. The number of ether oxygens (including phenoxy) is 1. The molecule has 3 nitrogen and oxygen atoms in total. The number of nitrogens with two attached hydrogens (primary N) is 1. The van der Waals surface area contributed by atoms with Crippen LogP contribution in [0.3, 0.4) is 0 Å². The van der Waals surface area contributed by atoms with E-state index in [-0.39, 0.29) is 5.78 Å². The summed E-state index contributed by atoms with van der Waals surface area (Å²) in [6.07, 6.45) is 3.03. The first-order valence-electron chi connectivity index (χ1n) is 6.63. The van der Waals surface area contributed by atoms with E-state index in [2.05, 4.69) is 0 Å². The molecule has 0 bridgehead atoms. The molecule has 1 aliphatic carbocycles. The van der Waals surface area contributed by atoms with E-state index in [1.165, 1.54) is 0 Å². The lowest BCUT2D eigenvalue weighted by atomic mass is 9.87. The molecule has 2 rings (SSSR count). The van der Waals surface area contributed by atoms with Crippen LogP contribution < -0.4 is 10.5 Å². The summed E-state index contributed by atoms with van der Waals surface area (Å²) in [7, 11) is 0. The van der Waals surface area contributed by atoms with Gasteiger partial charge < -0.3 is 10.5 Å². The summed E-state index contributed by atoms with van der Waals surface area (Å²) in [5.41, 5.74) is 6.05. The van der Waals surface area contributed by atoms with Gasteiger partial charge in [-0.2, -0.15) is 0 Å². The van der Waals surface area contributed by atoms with Crippen LogP contribution >= 0.6 is 0 Å². The van der Waals surface area contributed by atoms with Crippen LogP contribution in [-0.4, -0.2) is 17.9 Å². The summed E-state index contributed by atoms with van der Waals surface area (Å²) in [5.74, 6) is 0.975. The molecule has 0 saturated heterocycles. The summed E-state index contributed by atoms with van der Waals surface area (Å²) >= 11 is 0. The fourth-order valence-electron chi connectivity index (χ4n) is 2.15. The number of Topliss-reactive ketones (excluding diaryl/α,β-unsaturated/α-hetero) is 1. The van der Waals surface area contributed by atoms with Crippen LogP contribution in [-0.2, 0) is 0 Å². The standard InChI is InChI=1S/C15H21NO2/c1-3-10-18-13-7-5-4-6-12(13)14(17)15(2,16)11-8-9-11/h4-7,11H,3,8-10,16H2,1-2H3. The lowest BCUT2D eigenvalue weighted by Gasteiger charge is -2.23. The van der Waals surface area contributed by atoms with E-state index in [4.69, 9.17) is 10.5 Å². The highest BCUT2D eigenvalue weighted by atomic mass is 16.5. The minimum absolute atomic E-state index is 0.00305. The van der Waals surface area contributed by atoms with Gasteiger partial charge in [-0.05, 0) is 44.2 Å². The van der Waals surface area contributed by atoms with Crippen molar-refractivity contribution in [2.24, 2.45) is 11.7 Å². The number of ketones is 1. The first-order valence-corrected chi connectivity index (χ1v) is 6.63. The minimum Gasteiger partial charge on any atom is -0.493 e. The normalized spacial score (nSPS) is 18.2. The monoisotopic (exact) mass is 247 g/mol. The van der Waals surface area contributed by atoms with Gasteiger partial charge in [-0.15, -0.1) is 0 Å². The molecule has 1 aromatic carbocycles. The molecule has 18 heavy (non-hydrogen) atoms. The average molecular weight is 247 g/mol. The maximum atomic E-state index is 12.5. The first-order chi connectivity index (χ1) is 8.57. The molecular formula is C15H21NO2. The second-order valence-corrected chi connectivity index (χ2v) is 5.23. The van der Waals surface area contributed by atoms with Gasteiger partial charge in [0, 0.05) is 0 Å². The zero-order valence-corrected chi connectivity index (χ0v) is 11.1. The Morgan fingerprint density at radius 2 is 2.11 bits per heavy atom. The molecular weight excluding hydrogens is 226 g/mol. The fourth-order valence-corrected chi connectivity index (χ4v) is 2.15. The molecule has 0 spiro atoms. The predicted molar refractivity (Wildman–Crippen MR) is 71.9 cm³/mol. The second-order valence-electron chi connectivity index (χ2n) is 5.23. The van der Waals surface area contributed by atoms with Crippen LogP contribution in [0.15, 0.2) is 24.3 Å². The molecule has 98 valence electrons. The Morgan fingerprint density at radius 1 is 1.44 bits per heavy atom. The van der Waals surface area contributed by atoms with E-state index in [9.17, 15) is 4.79 Å². The van der Waals surface area contributed by atoms with E-state index in [0.29, 0.717) is 23.8 Å². The van der Waals surface area contributed by atoms with E-state index in [0.717, 1.165) is 19.3 Å². The van der Waals surface area contributed by atoms with Gasteiger partial charge in [-0.1, -0.05) is 19.1 Å². The van der Waals surface area contributed by atoms with Crippen molar-refractivity contribution in [1.82, 2.24) is 0 Å². The quantitative estimate of drug-likeness (QED) is 0.786. The van der Waals surface area contributed by atoms with Crippen LogP contribution in [0.4, 0.5) is 0 Å². The van der Waals surface area contributed by atoms with Crippen LogP contribution in [0.1, 0.15) is 43.5 Å². The van der Waals surface area contributed by atoms with Gasteiger partial charge >= 0.3 is 0 Å².